The fraction of sp³-hybridized carbons (Fsp3) is 0.556. The summed E-state index contributed by atoms with van der Waals surface area (Å²) in [5.74, 6) is 1.45. The van der Waals surface area contributed by atoms with Crippen LogP contribution < -0.4 is 10.6 Å². The van der Waals surface area contributed by atoms with E-state index >= 15 is 0 Å². The van der Waals surface area contributed by atoms with Crippen LogP contribution in [-0.2, 0) is 6.54 Å². The number of rotatable bonds is 5. The molecule has 2 atom stereocenters. The summed E-state index contributed by atoms with van der Waals surface area (Å²) in [4.78, 5) is 14.0. The van der Waals surface area contributed by atoms with E-state index in [0.717, 1.165) is 24.1 Å². The lowest BCUT2D eigenvalue weighted by atomic mass is 9.88. The van der Waals surface area contributed by atoms with E-state index in [-0.39, 0.29) is 0 Å². The average molecular weight is 378 g/mol. The van der Waals surface area contributed by atoms with Crippen LogP contribution in [0.4, 0.5) is 0 Å². The molecule has 0 radical (unpaired) electrons. The van der Waals surface area contributed by atoms with Gasteiger partial charge in [-0.3, -0.25) is 9.89 Å². The minimum Gasteiger partial charge on any atom is -0.356 e. The maximum atomic E-state index is 4.40. The lowest BCUT2D eigenvalue weighted by Gasteiger charge is -2.39. The Labute approximate surface area is 158 Å². The molecule has 0 aromatic carbocycles. The van der Waals surface area contributed by atoms with Crippen LogP contribution in [0.2, 0.25) is 0 Å². The lowest BCUT2D eigenvalue weighted by molar-refractivity contribution is 0.125. The molecule has 1 saturated heterocycles. The predicted molar refractivity (Wildman–Crippen MR) is 107 cm³/mol. The molecule has 3 rings (SSSR count). The van der Waals surface area contributed by atoms with E-state index < -0.39 is 0 Å². The van der Waals surface area contributed by atoms with Gasteiger partial charge in [0.05, 0.1) is 6.54 Å². The molecular weight excluding hydrogens is 350 g/mol. The molecule has 2 aromatic rings. The largest absolute Gasteiger partial charge is 0.356 e. The molecule has 136 valence electrons. The first-order chi connectivity index (χ1) is 12.2. The van der Waals surface area contributed by atoms with E-state index in [2.05, 4.69) is 57.0 Å². The summed E-state index contributed by atoms with van der Waals surface area (Å²) in [5, 5.41) is 10.2. The summed E-state index contributed by atoms with van der Waals surface area (Å²) < 4.78 is 0. The molecule has 3 heterocycles. The Morgan fingerprint density at radius 3 is 3.00 bits per heavy atom. The van der Waals surface area contributed by atoms with Crippen molar-refractivity contribution >= 4 is 28.6 Å². The van der Waals surface area contributed by atoms with Gasteiger partial charge in [0.2, 0.25) is 0 Å². The van der Waals surface area contributed by atoms with Crippen molar-refractivity contribution < 1.29 is 0 Å². The second-order valence-electron chi connectivity index (χ2n) is 6.51. The third kappa shape index (κ3) is 4.80. The number of aryl methyl sites for hydroxylation is 1. The number of guanidine groups is 1. The van der Waals surface area contributed by atoms with Gasteiger partial charge in [-0.25, -0.2) is 4.98 Å². The van der Waals surface area contributed by atoms with Crippen LogP contribution in [0, 0.1) is 12.8 Å². The molecule has 0 spiro atoms. The lowest BCUT2D eigenvalue weighted by Crippen LogP contribution is -2.44. The Morgan fingerprint density at radius 2 is 2.32 bits per heavy atom. The van der Waals surface area contributed by atoms with E-state index in [1.165, 1.54) is 29.1 Å². The molecule has 7 heteroatoms. The number of aliphatic imine (C=N–C) groups is 1. The van der Waals surface area contributed by atoms with Crippen LogP contribution >= 0.6 is 22.7 Å². The van der Waals surface area contributed by atoms with Crippen molar-refractivity contribution in [3.05, 3.63) is 38.5 Å². The molecule has 25 heavy (non-hydrogen) atoms. The number of hydrogen-bond donors (Lipinski definition) is 2. The second-order valence-corrected chi connectivity index (χ2v) is 8.81. The highest BCUT2D eigenvalue weighted by Gasteiger charge is 2.31. The maximum Gasteiger partial charge on any atom is 0.191 e. The Hall–Kier alpha value is -1.44. The van der Waals surface area contributed by atoms with Crippen molar-refractivity contribution in [2.75, 3.05) is 27.2 Å². The van der Waals surface area contributed by atoms with Crippen LogP contribution in [0.25, 0.3) is 0 Å². The molecule has 0 amide bonds. The van der Waals surface area contributed by atoms with Gasteiger partial charge in [-0.15, -0.1) is 22.7 Å². The molecule has 1 fully saturated rings. The molecule has 0 saturated carbocycles. The summed E-state index contributed by atoms with van der Waals surface area (Å²) in [7, 11) is 4.07. The molecule has 5 nitrogen and oxygen atoms in total. The van der Waals surface area contributed by atoms with Crippen molar-refractivity contribution in [2.45, 2.75) is 32.4 Å². The minimum absolute atomic E-state index is 0.501. The molecule has 2 N–H and O–H groups in total. The van der Waals surface area contributed by atoms with Crippen LogP contribution in [0.3, 0.4) is 0 Å². The van der Waals surface area contributed by atoms with Crippen molar-refractivity contribution in [2.24, 2.45) is 10.9 Å². The van der Waals surface area contributed by atoms with E-state index in [1.807, 2.05) is 24.6 Å². The number of likely N-dealkylation sites (tertiary alicyclic amines) is 1. The number of aromatic nitrogens is 1. The van der Waals surface area contributed by atoms with Crippen LogP contribution in [-0.4, -0.2) is 43.0 Å². The predicted octanol–water partition coefficient (Wildman–Crippen LogP) is 3.26. The molecule has 0 aliphatic carbocycles. The zero-order valence-electron chi connectivity index (χ0n) is 15.2. The first-order valence-corrected chi connectivity index (χ1v) is 10.5. The van der Waals surface area contributed by atoms with Gasteiger partial charge < -0.3 is 10.6 Å². The Balaban J connectivity index is 1.56. The molecule has 1 aliphatic heterocycles. The summed E-state index contributed by atoms with van der Waals surface area (Å²) in [5.41, 5.74) is 0. The first-order valence-electron chi connectivity index (χ1n) is 8.77. The second kappa shape index (κ2) is 8.78. The van der Waals surface area contributed by atoms with Crippen molar-refractivity contribution in [3.8, 4) is 0 Å². The van der Waals surface area contributed by atoms with Gasteiger partial charge in [-0.1, -0.05) is 6.07 Å². The summed E-state index contributed by atoms with van der Waals surface area (Å²) in [6.07, 6.45) is 4.43. The SMILES string of the molecule is CN=C(NCc1ncc(C)s1)NCC1CCCN(C)C1c1cccs1. The van der Waals surface area contributed by atoms with Gasteiger partial charge in [-0.05, 0) is 50.7 Å². The maximum absolute atomic E-state index is 4.40. The van der Waals surface area contributed by atoms with Gasteiger partial charge in [0, 0.05) is 35.6 Å². The van der Waals surface area contributed by atoms with Gasteiger partial charge >= 0.3 is 0 Å². The summed E-state index contributed by atoms with van der Waals surface area (Å²) in [6, 6.07) is 4.92. The standard InChI is InChI=1S/C18H27N5S2/c1-13-10-20-16(25-13)12-22-18(19-2)21-11-14-6-4-8-23(3)17(14)15-7-5-9-24-15/h5,7,9-10,14,17H,4,6,8,11-12H2,1-3H3,(H2,19,21,22). The Bertz CT molecular complexity index is 679. The van der Waals surface area contributed by atoms with E-state index in [9.17, 15) is 0 Å². The monoisotopic (exact) mass is 377 g/mol. The molecular formula is C18H27N5S2. The van der Waals surface area contributed by atoms with Crippen molar-refractivity contribution in [3.63, 3.8) is 0 Å². The summed E-state index contributed by atoms with van der Waals surface area (Å²) in [6.45, 7) is 4.91. The topological polar surface area (TPSA) is 52.6 Å². The van der Waals surface area contributed by atoms with Gasteiger partial charge in [-0.2, -0.15) is 0 Å². The number of thiophene rings is 1. The van der Waals surface area contributed by atoms with E-state index in [4.69, 9.17) is 0 Å². The van der Waals surface area contributed by atoms with Crippen LogP contribution in [0.15, 0.2) is 28.7 Å². The quantitative estimate of drug-likeness (QED) is 0.620. The van der Waals surface area contributed by atoms with Gasteiger partial charge in [0.15, 0.2) is 5.96 Å². The highest BCUT2D eigenvalue weighted by atomic mass is 32.1. The normalized spacial score (nSPS) is 22.1. The third-order valence-electron chi connectivity index (χ3n) is 4.67. The number of nitrogens with one attached hydrogen (secondary N) is 2. The molecule has 0 bridgehead atoms. The Morgan fingerprint density at radius 1 is 1.44 bits per heavy atom. The van der Waals surface area contributed by atoms with E-state index in [0.29, 0.717) is 12.0 Å². The molecule has 2 aromatic heterocycles. The first kappa shape index (κ1) is 18.4. The van der Waals surface area contributed by atoms with Crippen LogP contribution in [0.1, 0.15) is 33.6 Å². The van der Waals surface area contributed by atoms with Gasteiger partial charge in [0.1, 0.15) is 5.01 Å². The van der Waals surface area contributed by atoms with Crippen molar-refractivity contribution in [1.82, 2.24) is 20.5 Å². The fourth-order valence-corrected chi connectivity index (χ4v) is 5.18. The average Bonchev–Trinajstić information content (AvgIpc) is 3.27. The number of piperidine rings is 1. The smallest absolute Gasteiger partial charge is 0.191 e. The number of hydrogen-bond acceptors (Lipinski definition) is 5. The summed E-state index contributed by atoms with van der Waals surface area (Å²) >= 11 is 3.59. The molecule has 2 unspecified atom stereocenters. The van der Waals surface area contributed by atoms with Crippen molar-refractivity contribution in [1.29, 1.82) is 0 Å². The number of thiazole rings is 1. The van der Waals surface area contributed by atoms with Crippen LogP contribution in [0.5, 0.6) is 0 Å². The molecule has 1 aliphatic rings. The fourth-order valence-electron chi connectivity index (χ4n) is 3.47. The highest BCUT2D eigenvalue weighted by molar-refractivity contribution is 7.11. The van der Waals surface area contributed by atoms with E-state index in [1.54, 1.807) is 11.3 Å². The zero-order valence-corrected chi connectivity index (χ0v) is 16.8. The third-order valence-corrected chi connectivity index (χ3v) is 6.53. The van der Waals surface area contributed by atoms with Gasteiger partial charge in [0.25, 0.3) is 0 Å². The highest BCUT2D eigenvalue weighted by Crippen LogP contribution is 2.36. The minimum atomic E-state index is 0.501. The Kier molecular flexibility index (Phi) is 6.45. The number of nitrogens with zero attached hydrogens (tertiary/aromatic N) is 3. The zero-order chi connectivity index (χ0) is 17.6.